The lowest BCUT2D eigenvalue weighted by atomic mass is 9.87. The average Bonchev–Trinajstić information content (AvgIpc) is 3.93. The van der Waals surface area contributed by atoms with Crippen LogP contribution in [0.5, 0.6) is 0 Å². The molecule has 2 aliphatic heterocycles. The van der Waals surface area contributed by atoms with Crippen molar-refractivity contribution in [1.29, 1.82) is 10.5 Å². The molecule has 2 aromatic heterocycles. The van der Waals surface area contributed by atoms with Crippen molar-refractivity contribution >= 4 is 34.7 Å². The van der Waals surface area contributed by atoms with Crippen LogP contribution in [0, 0.1) is 22.7 Å². The van der Waals surface area contributed by atoms with Crippen LogP contribution in [0.15, 0.2) is 18.3 Å². The minimum atomic E-state index is 0.290. The lowest BCUT2D eigenvalue weighted by Gasteiger charge is -2.42. The number of anilines is 3. The summed E-state index contributed by atoms with van der Waals surface area (Å²) in [6, 6.07) is 10.0. The highest BCUT2D eigenvalue weighted by Crippen LogP contribution is 2.40. The Kier molecular flexibility index (Phi) is 6.71. The predicted octanol–water partition coefficient (Wildman–Crippen LogP) is 4.65. The van der Waals surface area contributed by atoms with Crippen molar-refractivity contribution in [2.75, 3.05) is 36.8 Å². The average molecular weight is 557 g/mol. The van der Waals surface area contributed by atoms with Crippen molar-refractivity contribution < 1.29 is 0 Å². The van der Waals surface area contributed by atoms with E-state index in [0.717, 1.165) is 50.4 Å². The maximum absolute atomic E-state index is 9.83. The third-order valence-electron chi connectivity index (χ3n) is 8.92. The van der Waals surface area contributed by atoms with E-state index in [9.17, 15) is 10.5 Å². The van der Waals surface area contributed by atoms with Crippen LogP contribution in [0.25, 0.3) is 5.65 Å². The molecule has 10 nitrogen and oxygen atoms in total. The first-order valence-corrected chi connectivity index (χ1v) is 14.9. The van der Waals surface area contributed by atoms with Gasteiger partial charge in [0.1, 0.15) is 6.07 Å². The standard InChI is InChI=1S/C29H33ClN10/c30-26-24(19-5-9-38(10-6-19)22-7-11-39(12-8-22)21-3-4-21)13-18(15-31)14-25(26)35-29-36-27(34-20-1-2-20)28-33-17-23(16-32)40(28)37-29/h13-14,17,19-22H,1-12H2,(H2,34,35,36,37). The maximum atomic E-state index is 9.83. The second-order valence-electron chi connectivity index (χ2n) is 11.7. The first-order chi connectivity index (χ1) is 19.6. The van der Waals surface area contributed by atoms with Gasteiger partial charge in [0, 0.05) is 18.1 Å². The van der Waals surface area contributed by atoms with Gasteiger partial charge in [-0.15, -0.1) is 5.10 Å². The fraction of sp³-hybridized carbons (Fsp3) is 0.552. The highest BCUT2D eigenvalue weighted by molar-refractivity contribution is 6.34. The van der Waals surface area contributed by atoms with E-state index in [0.29, 0.717) is 57.4 Å². The summed E-state index contributed by atoms with van der Waals surface area (Å²) < 4.78 is 1.49. The number of aromatic nitrogens is 4. The summed E-state index contributed by atoms with van der Waals surface area (Å²) in [5.41, 5.74) is 2.98. The van der Waals surface area contributed by atoms with E-state index in [4.69, 9.17) is 11.6 Å². The fourth-order valence-corrected chi connectivity index (χ4v) is 6.69. The SMILES string of the molecule is N#Cc1cc(Nc2nc(NC3CC3)c3ncc(C#N)n3n2)c(Cl)c(C2CCN(C3CCN(C4CC4)CC3)CC2)c1. The van der Waals surface area contributed by atoms with Crippen molar-refractivity contribution in [3.05, 3.63) is 40.2 Å². The molecule has 0 unspecified atom stereocenters. The molecule has 0 spiro atoms. The Balaban J connectivity index is 1.10. The molecule has 206 valence electrons. The molecule has 1 aromatic carbocycles. The van der Waals surface area contributed by atoms with Crippen molar-refractivity contribution in [2.45, 2.75) is 75.4 Å². The van der Waals surface area contributed by atoms with Gasteiger partial charge in [0.15, 0.2) is 17.2 Å². The van der Waals surface area contributed by atoms with Crippen LogP contribution in [0.2, 0.25) is 5.02 Å². The van der Waals surface area contributed by atoms with Crippen LogP contribution >= 0.6 is 11.6 Å². The van der Waals surface area contributed by atoms with Crippen LogP contribution in [0.1, 0.15) is 74.1 Å². The van der Waals surface area contributed by atoms with Gasteiger partial charge in [-0.1, -0.05) is 11.6 Å². The monoisotopic (exact) mass is 556 g/mol. The van der Waals surface area contributed by atoms with Gasteiger partial charge >= 0.3 is 0 Å². The number of hydrogen-bond donors (Lipinski definition) is 2. The van der Waals surface area contributed by atoms with Crippen molar-refractivity contribution in [1.82, 2.24) is 29.4 Å². The topological polar surface area (TPSA) is 121 Å². The molecule has 2 N–H and O–H groups in total. The molecule has 7 rings (SSSR count). The maximum Gasteiger partial charge on any atom is 0.247 e. The highest BCUT2D eigenvalue weighted by Gasteiger charge is 2.35. The number of nitrogens with zero attached hydrogens (tertiary/aromatic N) is 8. The molecule has 2 saturated carbocycles. The number of piperidine rings is 2. The molecule has 0 amide bonds. The Hall–Kier alpha value is -3.44. The summed E-state index contributed by atoms with van der Waals surface area (Å²) >= 11 is 7.01. The zero-order valence-electron chi connectivity index (χ0n) is 22.5. The quantitative estimate of drug-likeness (QED) is 0.428. The van der Waals surface area contributed by atoms with Gasteiger partial charge in [-0.2, -0.15) is 20.0 Å². The molecule has 4 fully saturated rings. The first kappa shape index (κ1) is 25.5. The van der Waals surface area contributed by atoms with Gasteiger partial charge in [-0.3, -0.25) is 0 Å². The second kappa shape index (κ2) is 10.5. The number of nitriles is 2. The number of likely N-dealkylation sites (tertiary alicyclic amines) is 2. The summed E-state index contributed by atoms with van der Waals surface area (Å²) in [7, 11) is 0. The van der Waals surface area contributed by atoms with E-state index in [1.807, 2.05) is 6.07 Å². The largest absolute Gasteiger partial charge is 0.364 e. The minimum Gasteiger partial charge on any atom is -0.364 e. The Morgan fingerprint density at radius 1 is 0.875 bits per heavy atom. The molecule has 4 aliphatic rings. The zero-order chi connectivity index (χ0) is 27.2. The summed E-state index contributed by atoms with van der Waals surface area (Å²) in [5, 5.41) is 31.1. The molecule has 4 heterocycles. The van der Waals surface area contributed by atoms with Gasteiger partial charge in [-0.05, 0) is 101 Å². The first-order valence-electron chi connectivity index (χ1n) is 14.5. The van der Waals surface area contributed by atoms with Crippen LogP contribution < -0.4 is 10.6 Å². The smallest absolute Gasteiger partial charge is 0.247 e. The van der Waals surface area contributed by atoms with E-state index in [1.54, 1.807) is 6.07 Å². The number of hydrogen-bond acceptors (Lipinski definition) is 9. The molecule has 40 heavy (non-hydrogen) atoms. The predicted molar refractivity (Wildman–Crippen MR) is 153 cm³/mol. The zero-order valence-corrected chi connectivity index (χ0v) is 23.2. The van der Waals surface area contributed by atoms with Crippen LogP contribution in [0.3, 0.4) is 0 Å². The Morgan fingerprint density at radius 3 is 2.23 bits per heavy atom. The van der Waals surface area contributed by atoms with E-state index in [1.165, 1.54) is 49.5 Å². The van der Waals surface area contributed by atoms with Gasteiger partial charge in [0.2, 0.25) is 5.95 Å². The molecule has 0 atom stereocenters. The van der Waals surface area contributed by atoms with Crippen molar-refractivity contribution in [3.8, 4) is 12.1 Å². The van der Waals surface area contributed by atoms with Crippen molar-refractivity contribution in [3.63, 3.8) is 0 Å². The van der Waals surface area contributed by atoms with Gasteiger partial charge < -0.3 is 20.4 Å². The molecule has 11 heteroatoms. The Morgan fingerprint density at radius 2 is 1.57 bits per heavy atom. The second-order valence-corrected chi connectivity index (χ2v) is 12.0. The molecule has 0 radical (unpaired) electrons. The Bertz CT molecular complexity index is 1500. The molecule has 2 saturated heterocycles. The number of benzene rings is 1. The lowest BCUT2D eigenvalue weighted by Crippen LogP contribution is -2.48. The van der Waals surface area contributed by atoms with Gasteiger partial charge in [-0.25, -0.2) is 4.98 Å². The van der Waals surface area contributed by atoms with Gasteiger partial charge in [0.05, 0.1) is 28.5 Å². The number of nitrogens with one attached hydrogen (secondary N) is 2. The van der Waals surface area contributed by atoms with Crippen LogP contribution in [-0.4, -0.2) is 73.7 Å². The van der Waals surface area contributed by atoms with E-state index < -0.39 is 0 Å². The van der Waals surface area contributed by atoms with Crippen LogP contribution in [-0.2, 0) is 0 Å². The van der Waals surface area contributed by atoms with E-state index >= 15 is 0 Å². The third-order valence-corrected chi connectivity index (χ3v) is 9.34. The number of imidazole rings is 1. The fourth-order valence-electron chi connectivity index (χ4n) is 6.38. The summed E-state index contributed by atoms with van der Waals surface area (Å²) in [6.07, 6.45) is 11.0. The molecule has 2 aliphatic carbocycles. The van der Waals surface area contributed by atoms with E-state index in [-0.39, 0.29) is 0 Å². The summed E-state index contributed by atoms with van der Waals surface area (Å²) in [4.78, 5) is 14.4. The molecule has 0 bridgehead atoms. The minimum absolute atomic E-state index is 0.290. The molecule has 3 aromatic rings. The third kappa shape index (κ3) is 5.08. The van der Waals surface area contributed by atoms with Gasteiger partial charge in [0.25, 0.3) is 0 Å². The number of rotatable bonds is 7. The molecular weight excluding hydrogens is 524 g/mol. The lowest BCUT2D eigenvalue weighted by molar-refractivity contribution is 0.0844. The summed E-state index contributed by atoms with van der Waals surface area (Å²) in [6.45, 7) is 4.59. The Labute approximate surface area is 238 Å². The normalized spacial score (nSPS) is 21.3. The molecular formula is C29H33ClN10. The highest BCUT2D eigenvalue weighted by atomic mass is 35.5. The summed E-state index contributed by atoms with van der Waals surface area (Å²) in [5.74, 6) is 1.16. The van der Waals surface area contributed by atoms with Crippen molar-refractivity contribution in [2.24, 2.45) is 0 Å². The number of halogens is 1. The van der Waals surface area contributed by atoms with E-state index in [2.05, 4.69) is 47.6 Å². The van der Waals surface area contributed by atoms with Crippen LogP contribution in [0.4, 0.5) is 17.5 Å². The number of fused-ring (bicyclic) bond motifs is 1.